The Morgan fingerprint density at radius 1 is 1.33 bits per heavy atom. The lowest BCUT2D eigenvalue weighted by atomic mass is 10.2. The summed E-state index contributed by atoms with van der Waals surface area (Å²) in [5.41, 5.74) is 6.26. The highest BCUT2D eigenvalue weighted by atomic mass is 35.5. The van der Waals surface area contributed by atoms with Crippen LogP contribution >= 0.6 is 23.2 Å². The van der Waals surface area contributed by atoms with Crippen LogP contribution in [0.1, 0.15) is 12.0 Å². The molecule has 0 atom stereocenters. The van der Waals surface area contributed by atoms with E-state index >= 15 is 0 Å². The second-order valence-electron chi connectivity index (χ2n) is 2.38. The number of hydrogen-bond acceptors (Lipinski definition) is 3. The monoisotopic (exact) mass is 205 g/mol. The second-order valence-corrected chi connectivity index (χ2v) is 3.12. The highest BCUT2D eigenvalue weighted by molar-refractivity contribution is 6.31. The molecule has 66 valence electrons. The van der Waals surface area contributed by atoms with Gasteiger partial charge in [0, 0.05) is 0 Å². The van der Waals surface area contributed by atoms with Gasteiger partial charge in [0.05, 0.1) is 0 Å². The van der Waals surface area contributed by atoms with Crippen molar-refractivity contribution >= 4 is 23.2 Å². The Hall–Kier alpha value is -0.380. The van der Waals surface area contributed by atoms with Crippen molar-refractivity contribution in [3.05, 3.63) is 21.9 Å². The number of aryl methyl sites for hydroxylation is 1. The summed E-state index contributed by atoms with van der Waals surface area (Å²) in [6.45, 7) is 0.635. The van der Waals surface area contributed by atoms with E-state index in [4.69, 9.17) is 28.9 Å². The maximum Gasteiger partial charge on any atom is 0.155 e. The summed E-state index contributed by atoms with van der Waals surface area (Å²) in [6, 6.07) is 1.71. The number of aromatic nitrogens is 2. The zero-order chi connectivity index (χ0) is 8.97. The number of nitrogens with two attached hydrogens (primary N) is 1. The quantitative estimate of drug-likeness (QED) is 0.818. The molecule has 1 aromatic heterocycles. The molecule has 1 aromatic rings. The molecule has 0 aromatic carbocycles. The minimum Gasteiger partial charge on any atom is -0.330 e. The summed E-state index contributed by atoms with van der Waals surface area (Å²) >= 11 is 11.4. The zero-order valence-corrected chi connectivity index (χ0v) is 7.94. The molecule has 1 rings (SSSR count). The first-order valence-electron chi connectivity index (χ1n) is 3.61. The lowest BCUT2D eigenvalue weighted by Gasteiger charge is -2.00. The van der Waals surface area contributed by atoms with E-state index in [1.165, 1.54) is 0 Å². The van der Waals surface area contributed by atoms with Crippen LogP contribution in [0.25, 0.3) is 0 Å². The van der Waals surface area contributed by atoms with E-state index < -0.39 is 0 Å². The number of halogens is 2. The predicted molar refractivity (Wildman–Crippen MR) is 49.4 cm³/mol. The Morgan fingerprint density at radius 3 is 2.75 bits per heavy atom. The van der Waals surface area contributed by atoms with Crippen LogP contribution in [0, 0.1) is 0 Å². The SMILES string of the molecule is NCCCc1cc(Cl)nnc1Cl. The molecule has 12 heavy (non-hydrogen) atoms. The van der Waals surface area contributed by atoms with Gasteiger partial charge < -0.3 is 5.73 Å². The molecule has 2 N–H and O–H groups in total. The Labute approximate surface area is 80.9 Å². The molecule has 0 radical (unpaired) electrons. The molecular formula is C7H9Cl2N3. The molecule has 0 saturated heterocycles. The lowest BCUT2D eigenvalue weighted by Crippen LogP contribution is -2.01. The molecule has 0 saturated carbocycles. The Kier molecular flexibility index (Phi) is 3.72. The molecule has 0 unspecified atom stereocenters. The molecule has 0 amide bonds. The maximum absolute atomic E-state index is 5.76. The van der Waals surface area contributed by atoms with Crippen molar-refractivity contribution in [1.82, 2.24) is 10.2 Å². The van der Waals surface area contributed by atoms with Crippen molar-refractivity contribution in [2.24, 2.45) is 5.73 Å². The standard InChI is InChI=1S/C7H9Cl2N3/c8-6-4-5(2-1-3-10)7(9)12-11-6/h4H,1-3,10H2. The average Bonchev–Trinajstić information content (AvgIpc) is 2.07. The lowest BCUT2D eigenvalue weighted by molar-refractivity contribution is 0.821. The van der Waals surface area contributed by atoms with Gasteiger partial charge in [-0.15, -0.1) is 10.2 Å². The number of hydrogen-bond donors (Lipinski definition) is 1. The van der Waals surface area contributed by atoms with Gasteiger partial charge in [-0.05, 0) is 31.0 Å². The minimum absolute atomic E-state index is 0.367. The van der Waals surface area contributed by atoms with E-state index in [1.807, 2.05) is 0 Å². The third kappa shape index (κ3) is 2.59. The minimum atomic E-state index is 0.367. The fourth-order valence-corrected chi connectivity index (χ4v) is 1.21. The van der Waals surface area contributed by atoms with Crippen molar-refractivity contribution in [1.29, 1.82) is 0 Å². The van der Waals surface area contributed by atoms with E-state index in [0.29, 0.717) is 16.9 Å². The molecule has 0 bridgehead atoms. The average molecular weight is 206 g/mol. The van der Waals surface area contributed by atoms with Gasteiger partial charge in [0.15, 0.2) is 10.3 Å². The Morgan fingerprint density at radius 2 is 2.08 bits per heavy atom. The molecule has 3 nitrogen and oxygen atoms in total. The first-order valence-corrected chi connectivity index (χ1v) is 4.37. The first kappa shape index (κ1) is 9.71. The van der Waals surface area contributed by atoms with Gasteiger partial charge in [0.25, 0.3) is 0 Å². The van der Waals surface area contributed by atoms with Crippen molar-refractivity contribution in [3.63, 3.8) is 0 Å². The molecule has 1 heterocycles. The molecular weight excluding hydrogens is 197 g/mol. The van der Waals surface area contributed by atoms with Gasteiger partial charge in [-0.1, -0.05) is 23.2 Å². The number of rotatable bonds is 3. The summed E-state index contributed by atoms with van der Waals surface area (Å²) in [6.07, 6.45) is 1.67. The van der Waals surface area contributed by atoms with Gasteiger partial charge in [-0.25, -0.2) is 0 Å². The normalized spacial score (nSPS) is 10.2. The fourth-order valence-electron chi connectivity index (χ4n) is 0.856. The van der Waals surface area contributed by atoms with E-state index in [9.17, 15) is 0 Å². The summed E-state index contributed by atoms with van der Waals surface area (Å²) in [4.78, 5) is 0. The Bertz CT molecular complexity index is 265. The largest absolute Gasteiger partial charge is 0.330 e. The van der Waals surface area contributed by atoms with Gasteiger partial charge in [0.1, 0.15) is 0 Å². The molecule has 0 spiro atoms. The van der Waals surface area contributed by atoms with E-state index in [-0.39, 0.29) is 0 Å². The van der Waals surface area contributed by atoms with Gasteiger partial charge >= 0.3 is 0 Å². The highest BCUT2D eigenvalue weighted by Gasteiger charge is 2.02. The van der Waals surface area contributed by atoms with Crippen molar-refractivity contribution < 1.29 is 0 Å². The van der Waals surface area contributed by atoms with Crippen molar-refractivity contribution in [3.8, 4) is 0 Å². The Balaban J connectivity index is 2.75. The molecule has 0 aliphatic heterocycles. The fraction of sp³-hybridized carbons (Fsp3) is 0.429. The predicted octanol–water partition coefficient (Wildman–Crippen LogP) is 1.67. The third-order valence-corrected chi connectivity index (χ3v) is 1.94. The first-order chi connectivity index (χ1) is 5.74. The van der Waals surface area contributed by atoms with Crippen LogP contribution < -0.4 is 5.73 Å². The third-order valence-electron chi connectivity index (χ3n) is 1.44. The summed E-state index contributed by atoms with van der Waals surface area (Å²) < 4.78 is 0. The smallest absolute Gasteiger partial charge is 0.155 e. The summed E-state index contributed by atoms with van der Waals surface area (Å²) in [5.74, 6) is 0. The number of nitrogens with zero attached hydrogens (tertiary/aromatic N) is 2. The van der Waals surface area contributed by atoms with Crippen LogP contribution in [-0.4, -0.2) is 16.7 Å². The van der Waals surface area contributed by atoms with Crippen molar-refractivity contribution in [2.45, 2.75) is 12.8 Å². The highest BCUT2D eigenvalue weighted by Crippen LogP contribution is 2.16. The maximum atomic E-state index is 5.76. The van der Waals surface area contributed by atoms with Crippen LogP contribution in [0.2, 0.25) is 10.3 Å². The molecule has 0 aliphatic carbocycles. The van der Waals surface area contributed by atoms with Gasteiger partial charge in [0.2, 0.25) is 0 Å². The van der Waals surface area contributed by atoms with E-state index in [2.05, 4.69) is 10.2 Å². The molecule has 0 fully saturated rings. The summed E-state index contributed by atoms with van der Waals surface area (Å²) in [5, 5.41) is 8.05. The van der Waals surface area contributed by atoms with E-state index in [1.54, 1.807) is 6.07 Å². The van der Waals surface area contributed by atoms with Crippen LogP contribution in [0.3, 0.4) is 0 Å². The summed E-state index contributed by atoms with van der Waals surface area (Å²) in [7, 11) is 0. The van der Waals surface area contributed by atoms with Crippen molar-refractivity contribution in [2.75, 3.05) is 6.54 Å². The zero-order valence-electron chi connectivity index (χ0n) is 6.43. The van der Waals surface area contributed by atoms with Gasteiger partial charge in [-0.3, -0.25) is 0 Å². The van der Waals surface area contributed by atoms with Crippen LogP contribution in [-0.2, 0) is 6.42 Å². The molecule has 5 heteroatoms. The van der Waals surface area contributed by atoms with Gasteiger partial charge in [-0.2, -0.15) is 0 Å². The van der Waals surface area contributed by atoms with Crippen LogP contribution in [0.15, 0.2) is 6.07 Å². The van der Waals surface area contributed by atoms with Crippen LogP contribution in [0.5, 0.6) is 0 Å². The molecule has 0 aliphatic rings. The van der Waals surface area contributed by atoms with E-state index in [0.717, 1.165) is 18.4 Å². The topological polar surface area (TPSA) is 51.8 Å². The second kappa shape index (κ2) is 4.60. The van der Waals surface area contributed by atoms with Crippen LogP contribution in [0.4, 0.5) is 0 Å².